The number of benzene rings is 2. The maximum absolute atomic E-state index is 12.6. The van der Waals surface area contributed by atoms with Crippen molar-refractivity contribution in [3.63, 3.8) is 0 Å². The summed E-state index contributed by atoms with van der Waals surface area (Å²) in [6, 6.07) is 6.15. The number of hydrogen-bond acceptors (Lipinski definition) is 4. The van der Waals surface area contributed by atoms with Crippen molar-refractivity contribution in [3.8, 4) is 11.5 Å². The van der Waals surface area contributed by atoms with Crippen LogP contribution in [-0.4, -0.2) is 29.2 Å². The Kier molecular flexibility index (Phi) is 5.14. The summed E-state index contributed by atoms with van der Waals surface area (Å²) in [6.45, 7) is 3.37. The Morgan fingerprint density at radius 3 is 2.33 bits per heavy atom. The number of methoxy groups -OCH3 is 1. The zero-order valence-corrected chi connectivity index (χ0v) is 14.9. The molecule has 0 atom stereocenters. The number of anilines is 1. The first-order valence-electron chi connectivity index (χ1n) is 6.97. The number of amides is 1. The molecule has 126 valence electrons. The van der Waals surface area contributed by atoms with Gasteiger partial charge in [0.05, 0.1) is 12.7 Å². The highest BCUT2D eigenvalue weighted by Gasteiger charge is 2.18. The molecule has 2 aromatic rings. The van der Waals surface area contributed by atoms with Gasteiger partial charge in [0, 0.05) is 10.2 Å². The zero-order chi connectivity index (χ0) is 18.0. The van der Waals surface area contributed by atoms with Crippen LogP contribution in [0, 0.1) is 13.8 Å². The minimum atomic E-state index is -1.28. The molecule has 7 heteroatoms. The van der Waals surface area contributed by atoms with Crippen molar-refractivity contribution in [2.45, 2.75) is 13.8 Å². The first-order chi connectivity index (χ1) is 11.2. The van der Waals surface area contributed by atoms with Crippen molar-refractivity contribution in [2.24, 2.45) is 0 Å². The molecule has 0 aliphatic heterocycles. The number of nitrogens with one attached hydrogen (secondary N) is 1. The maximum Gasteiger partial charge on any atom is 0.339 e. The van der Waals surface area contributed by atoms with Gasteiger partial charge in [-0.25, -0.2) is 4.79 Å². The minimum absolute atomic E-state index is 0.271. The average Bonchev–Trinajstić information content (AvgIpc) is 2.49. The molecule has 3 N–H and O–H groups in total. The van der Waals surface area contributed by atoms with E-state index in [0.29, 0.717) is 16.9 Å². The smallest absolute Gasteiger partial charge is 0.339 e. The molecule has 24 heavy (non-hydrogen) atoms. The lowest BCUT2D eigenvalue weighted by atomic mass is 10.1. The van der Waals surface area contributed by atoms with E-state index < -0.39 is 11.9 Å². The Morgan fingerprint density at radius 1 is 1.08 bits per heavy atom. The number of hydrogen-bond donors (Lipinski definition) is 3. The molecule has 0 aromatic heterocycles. The molecule has 0 bridgehead atoms. The third-order valence-electron chi connectivity index (χ3n) is 3.48. The quantitative estimate of drug-likeness (QED) is 0.687. The van der Waals surface area contributed by atoms with Crippen LogP contribution in [0.3, 0.4) is 0 Å². The zero-order valence-electron chi connectivity index (χ0n) is 13.3. The van der Waals surface area contributed by atoms with Crippen molar-refractivity contribution < 1.29 is 24.5 Å². The summed E-state index contributed by atoms with van der Waals surface area (Å²) < 4.78 is 6.00. The Bertz CT molecular complexity index is 832. The van der Waals surface area contributed by atoms with E-state index in [4.69, 9.17) is 9.84 Å². The van der Waals surface area contributed by atoms with Gasteiger partial charge in [0.2, 0.25) is 0 Å². The predicted octanol–water partition coefficient (Wildman–Crippen LogP) is 3.73. The van der Waals surface area contributed by atoms with Crippen molar-refractivity contribution in [3.05, 3.63) is 51.0 Å². The third-order valence-corrected chi connectivity index (χ3v) is 3.93. The Balaban J connectivity index is 2.43. The van der Waals surface area contributed by atoms with Gasteiger partial charge in [-0.3, -0.25) is 4.79 Å². The number of carboxylic acid groups (broad SMARTS) is 1. The predicted molar refractivity (Wildman–Crippen MR) is 93.2 cm³/mol. The molecule has 6 nitrogen and oxygen atoms in total. The molecule has 0 radical (unpaired) electrons. The molecular formula is C17H16BrNO5. The van der Waals surface area contributed by atoms with Gasteiger partial charge in [-0.15, -0.1) is 0 Å². The molecule has 0 unspecified atom stereocenters. The second-order valence-corrected chi connectivity index (χ2v) is 6.17. The van der Waals surface area contributed by atoms with E-state index in [2.05, 4.69) is 21.2 Å². The first-order valence-corrected chi connectivity index (χ1v) is 7.76. The van der Waals surface area contributed by atoms with Gasteiger partial charge in [0.15, 0.2) is 0 Å². The number of rotatable bonds is 4. The number of ether oxygens (including phenoxy) is 1. The van der Waals surface area contributed by atoms with Crippen LogP contribution in [0.1, 0.15) is 31.8 Å². The van der Waals surface area contributed by atoms with Crippen LogP contribution in [0.4, 0.5) is 5.69 Å². The van der Waals surface area contributed by atoms with Crippen LogP contribution >= 0.6 is 15.9 Å². The van der Waals surface area contributed by atoms with Crippen molar-refractivity contribution in [1.82, 2.24) is 0 Å². The molecule has 0 fully saturated rings. The minimum Gasteiger partial charge on any atom is -0.507 e. The van der Waals surface area contributed by atoms with Gasteiger partial charge < -0.3 is 20.3 Å². The van der Waals surface area contributed by atoms with Gasteiger partial charge in [0.25, 0.3) is 5.91 Å². The van der Waals surface area contributed by atoms with Gasteiger partial charge in [-0.05, 0) is 49.2 Å². The average molecular weight is 394 g/mol. The monoisotopic (exact) mass is 393 g/mol. The summed E-state index contributed by atoms with van der Waals surface area (Å²) in [7, 11) is 1.47. The Hall–Kier alpha value is -2.54. The highest BCUT2D eigenvalue weighted by atomic mass is 79.9. The number of carbonyl (C=O) groups excluding carboxylic acids is 1. The van der Waals surface area contributed by atoms with E-state index >= 15 is 0 Å². The van der Waals surface area contributed by atoms with Crippen molar-refractivity contribution in [1.29, 1.82) is 0 Å². The summed E-state index contributed by atoms with van der Waals surface area (Å²) in [4.78, 5) is 23.7. The molecule has 0 aliphatic rings. The molecule has 2 aromatic carbocycles. The van der Waals surface area contributed by atoms with Crippen LogP contribution in [0.15, 0.2) is 28.7 Å². The summed E-state index contributed by atoms with van der Waals surface area (Å²) >= 11 is 3.34. The normalized spacial score (nSPS) is 10.3. The number of carbonyl (C=O) groups is 2. The van der Waals surface area contributed by atoms with Gasteiger partial charge in [0.1, 0.15) is 17.1 Å². The lowest BCUT2D eigenvalue weighted by molar-refractivity contribution is 0.0693. The molecule has 0 saturated heterocycles. The maximum atomic E-state index is 12.6. The van der Waals surface area contributed by atoms with E-state index in [9.17, 15) is 14.7 Å². The lowest BCUT2D eigenvalue weighted by Gasteiger charge is -2.14. The van der Waals surface area contributed by atoms with Crippen molar-refractivity contribution >= 4 is 33.5 Å². The summed E-state index contributed by atoms with van der Waals surface area (Å²) in [5.41, 5.74) is 1.44. The molecule has 0 aliphatic carbocycles. The van der Waals surface area contributed by atoms with Crippen LogP contribution in [0.25, 0.3) is 0 Å². The van der Waals surface area contributed by atoms with E-state index in [-0.39, 0.29) is 17.0 Å². The standard InChI is InChI=1S/C17H16BrNO5/c1-8-5-11(7-12(14(8)20)17(22)23)19-16(21)13-6-10(18)4-9(2)15(13)24-3/h4-7,20H,1-3H3,(H,19,21)(H,22,23). The van der Waals surface area contributed by atoms with Gasteiger partial charge >= 0.3 is 5.97 Å². The number of halogens is 1. The van der Waals surface area contributed by atoms with Gasteiger partial charge in [-0.2, -0.15) is 0 Å². The molecule has 0 saturated carbocycles. The molecule has 0 heterocycles. The topological polar surface area (TPSA) is 95.9 Å². The molecule has 1 amide bonds. The van der Waals surface area contributed by atoms with E-state index in [1.165, 1.54) is 19.2 Å². The van der Waals surface area contributed by atoms with E-state index in [1.54, 1.807) is 13.0 Å². The fourth-order valence-electron chi connectivity index (χ4n) is 2.38. The molecule has 2 rings (SSSR count). The summed E-state index contributed by atoms with van der Waals surface area (Å²) in [5, 5.41) is 21.5. The second-order valence-electron chi connectivity index (χ2n) is 5.25. The van der Waals surface area contributed by atoms with E-state index in [0.717, 1.165) is 10.0 Å². The lowest BCUT2D eigenvalue weighted by Crippen LogP contribution is -2.14. The van der Waals surface area contributed by atoms with E-state index in [1.807, 2.05) is 13.0 Å². The fourth-order valence-corrected chi connectivity index (χ4v) is 2.95. The Labute approximate surface area is 147 Å². The van der Waals surface area contributed by atoms with Gasteiger partial charge in [-0.1, -0.05) is 15.9 Å². The van der Waals surface area contributed by atoms with Crippen LogP contribution in [0.5, 0.6) is 11.5 Å². The largest absolute Gasteiger partial charge is 0.507 e. The highest BCUT2D eigenvalue weighted by Crippen LogP contribution is 2.30. The number of aryl methyl sites for hydroxylation is 2. The molecular weight excluding hydrogens is 378 g/mol. The second kappa shape index (κ2) is 6.92. The SMILES string of the molecule is COc1c(C)cc(Br)cc1C(=O)Nc1cc(C)c(O)c(C(=O)O)c1. The van der Waals surface area contributed by atoms with Crippen LogP contribution in [0.2, 0.25) is 0 Å². The van der Waals surface area contributed by atoms with Crippen LogP contribution < -0.4 is 10.1 Å². The number of aromatic hydroxyl groups is 1. The highest BCUT2D eigenvalue weighted by molar-refractivity contribution is 9.10. The fraction of sp³-hybridized carbons (Fsp3) is 0.176. The third kappa shape index (κ3) is 3.51. The Morgan fingerprint density at radius 2 is 1.75 bits per heavy atom. The number of phenols is 1. The number of carboxylic acids is 1. The first kappa shape index (κ1) is 17.8. The van der Waals surface area contributed by atoms with Crippen LogP contribution in [-0.2, 0) is 0 Å². The summed E-state index contributed by atoms with van der Waals surface area (Å²) in [5.74, 6) is -1.61. The number of aromatic carboxylic acids is 1. The summed E-state index contributed by atoms with van der Waals surface area (Å²) in [6.07, 6.45) is 0. The van der Waals surface area contributed by atoms with Crippen molar-refractivity contribution in [2.75, 3.05) is 12.4 Å². The molecule has 0 spiro atoms.